The molecule has 5 heteroatoms. The Labute approximate surface area is 117 Å². The van der Waals surface area contributed by atoms with E-state index in [0.29, 0.717) is 19.5 Å². The molecule has 0 spiro atoms. The summed E-state index contributed by atoms with van der Waals surface area (Å²) in [5.41, 5.74) is 4.41. The molecule has 1 aliphatic rings. The third-order valence-electron chi connectivity index (χ3n) is 3.76. The summed E-state index contributed by atoms with van der Waals surface area (Å²) in [6, 6.07) is 7.88. The van der Waals surface area contributed by atoms with Crippen molar-refractivity contribution in [1.82, 2.24) is 20.6 Å². The second-order valence-electron chi connectivity index (χ2n) is 5.11. The average Bonchev–Trinajstić information content (AvgIpc) is 2.93. The molecule has 0 aliphatic carbocycles. The highest BCUT2D eigenvalue weighted by Crippen LogP contribution is 2.12. The Morgan fingerprint density at radius 1 is 1.45 bits per heavy atom. The van der Waals surface area contributed by atoms with Gasteiger partial charge in [-0.25, -0.2) is 4.98 Å². The number of hydrogen-bond acceptors (Lipinski definition) is 3. The topological polar surface area (TPSA) is 69.8 Å². The number of amides is 1. The van der Waals surface area contributed by atoms with Crippen molar-refractivity contribution in [3.05, 3.63) is 53.1 Å². The molecular weight excluding hydrogens is 252 g/mol. The molecule has 2 aromatic rings. The van der Waals surface area contributed by atoms with Crippen LogP contribution in [-0.2, 0) is 24.3 Å². The molecule has 3 rings (SSSR count). The first-order valence-electron chi connectivity index (χ1n) is 6.81. The van der Waals surface area contributed by atoms with Crippen molar-refractivity contribution in [2.45, 2.75) is 32.5 Å². The van der Waals surface area contributed by atoms with E-state index in [2.05, 4.69) is 33.6 Å². The number of aromatic nitrogens is 2. The first-order valence-corrected chi connectivity index (χ1v) is 6.81. The van der Waals surface area contributed by atoms with Crippen molar-refractivity contribution in [3.8, 4) is 0 Å². The summed E-state index contributed by atoms with van der Waals surface area (Å²) in [6.45, 7) is 3.28. The van der Waals surface area contributed by atoms with Gasteiger partial charge in [0.1, 0.15) is 0 Å². The standard InChI is InChI=1S/C15H18N4O/c1-10-4-2-3-5-11(10)7-17-15(20)13-6-12-14(8-16-13)19-9-18-12/h2-5,9,13,16H,6-8H2,1H3,(H,17,20)(H,18,19). The van der Waals surface area contributed by atoms with E-state index in [4.69, 9.17) is 0 Å². The Bertz CT molecular complexity index is 620. The van der Waals surface area contributed by atoms with Crippen LogP contribution in [0.1, 0.15) is 22.5 Å². The van der Waals surface area contributed by atoms with Crippen LogP contribution in [0.15, 0.2) is 30.6 Å². The van der Waals surface area contributed by atoms with Crippen LogP contribution in [0, 0.1) is 6.92 Å². The minimum Gasteiger partial charge on any atom is -0.351 e. The van der Waals surface area contributed by atoms with Gasteiger partial charge in [0, 0.05) is 19.5 Å². The molecule has 104 valence electrons. The van der Waals surface area contributed by atoms with E-state index in [9.17, 15) is 4.79 Å². The van der Waals surface area contributed by atoms with Crippen LogP contribution in [0.5, 0.6) is 0 Å². The van der Waals surface area contributed by atoms with E-state index in [0.717, 1.165) is 17.0 Å². The number of nitrogens with zero attached hydrogens (tertiary/aromatic N) is 1. The summed E-state index contributed by atoms with van der Waals surface area (Å²) in [5.74, 6) is 0.0295. The molecule has 0 saturated heterocycles. The van der Waals surface area contributed by atoms with Gasteiger partial charge in [0.25, 0.3) is 0 Å². The SMILES string of the molecule is Cc1ccccc1CNC(=O)C1Cc2nc[nH]c2CN1. The number of aromatic amines is 1. The monoisotopic (exact) mass is 270 g/mol. The van der Waals surface area contributed by atoms with Gasteiger partial charge in [0.05, 0.1) is 23.8 Å². The first-order chi connectivity index (χ1) is 9.74. The zero-order chi connectivity index (χ0) is 13.9. The molecule has 0 radical (unpaired) electrons. The Hall–Kier alpha value is -2.14. The van der Waals surface area contributed by atoms with Crippen LogP contribution >= 0.6 is 0 Å². The number of nitrogens with one attached hydrogen (secondary N) is 3. The van der Waals surface area contributed by atoms with Crippen LogP contribution in [-0.4, -0.2) is 21.9 Å². The highest BCUT2D eigenvalue weighted by Gasteiger charge is 2.25. The summed E-state index contributed by atoms with van der Waals surface area (Å²) in [7, 11) is 0. The van der Waals surface area contributed by atoms with Crippen LogP contribution in [0.25, 0.3) is 0 Å². The van der Waals surface area contributed by atoms with Gasteiger partial charge in [0.2, 0.25) is 5.91 Å². The average molecular weight is 270 g/mol. The number of hydrogen-bond donors (Lipinski definition) is 3. The molecule has 1 unspecified atom stereocenters. The Kier molecular flexibility index (Phi) is 3.52. The van der Waals surface area contributed by atoms with Gasteiger partial charge in [-0.1, -0.05) is 24.3 Å². The highest BCUT2D eigenvalue weighted by atomic mass is 16.2. The van der Waals surface area contributed by atoms with Crippen LogP contribution in [0.3, 0.4) is 0 Å². The molecule has 3 N–H and O–H groups in total. The van der Waals surface area contributed by atoms with Gasteiger partial charge >= 0.3 is 0 Å². The minimum absolute atomic E-state index is 0.0295. The largest absolute Gasteiger partial charge is 0.351 e. The van der Waals surface area contributed by atoms with Crippen molar-refractivity contribution in [2.24, 2.45) is 0 Å². The van der Waals surface area contributed by atoms with Crippen molar-refractivity contribution in [2.75, 3.05) is 0 Å². The molecule has 1 aliphatic heterocycles. The first kappa shape index (κ1) is 12.9. The summed E-state index contributed by atoms with van der Waals surface area (Å²) >= 11 is 0. The Balaban J connectivity index is 1.59. The van der Waals surface area contributed by atoms with Crippen molar-refractivity contribution >= 4 is 5.91 Å². The number of imidazole rings is 1. The second kappa shape index (κ2) is 5.46. The van der Waals surface area contributed by atoms with Crippen molar-refractivity contribution in [1.29, 1.82) is 0 Å². The fourth-order valence-corrected chi connectivity index (χ4v) is 2.47. The molecule has 5 nitrogen and oxygen atoms in total. The Morgan fingerprint density at radius 3 is 3.15 bits per heavy atom. The summed E-state index contributed by atoms with van der Waals surface area (Å²) in [5, 5.41) is 6.22. The lowest BCUT2D eigenvalue weighted by molar-refractivity contribution is -0.123. The van der Waals surface area contributed by atoms with E-state index in [1.54, 1.807) is 6.33 Å². The maximum absolute atomic E-state index is 12.2. The van der Waals surface area contributed by atoms with Gasteiger partial charge < -0.3 is 10.3 Å². The number of carbonyl (C=O) groups is 1. The highest BCUT2D eigenvalue weighted by molar-refractivity contribution is 5.82. The lowest BCUT2D eigenvalue weighted by atomic mass is 10.0. The maximum Gasteiger partial charge on any atom is 0.237 e. The summed E-state index contributed by atoms with van der Waals surface area (Å²) in [4.78, 5) is 19.5. The summed E-state index contributed by atoms with van der Waals surface area (Å²) in [6.07, 6.45) is 2.32. The van der Waals surface area contributed by atoms with Gasteiger partial charge in [-0.3, -0.25) is 10.1 Å². The second-order valence-corrected chi connectivity index (χ2v) is 5.11. The lowest BCUT2D eigenvalue weighted by Gasteiger charge is -2.22. The van der Waals surface area contributed by atoms with Gasteiger partial charge in [-0.05, 0) is 18.1 Å². The maximum atomic E-state index is 12.2. The molecular formula is C15H18N4O. The Morgan fingerprint density at radius 2 is 2.30 bits per heavy atom. The zero-order valence-electron chi connectivity index (χ0n) is 11.4. The third kappa shape index (κ3) is 2.58. The van der Waals surface area contributed by atoms with E-state index >= 15 is 0 Å². The van der Waals surface area contributed by atoms with E-state index in [-0.39, 0.29) is 11.9 Å². The van der Waals surface area contributed by atoms with Crippen LogP contribution in [0.2, 0.25) is 0 Å². The minimum atomic E-state index is -0.199. The molecule has 0 fully saturated rings. The van der Waals surface area contributed by atoms with Crippen molar-refractivity contribution in [3.63, 3.8) is 0 Å². The molecule has 2 heterocycles. The lowest BCUT2D eigenvalue weighted by Crippen LogP contribution is -2.47. The molecule has 1 aromatic carbocycles. The number of carbonyl (C=O) groups excluding carboxylic acids is 1. The number of benzene rings is 1. The third-order valence-corrected chi connectivity index (χ3v) is 3.76. The predicted molar refractivity (Wildman–Crippen MR) is 75.9 cm³/mol. The molecule has 1 amide bonds. The number of aryl methyl sites for hydroxylation is 1. The molecule has 0 saturated carbocycles. The van der Waals surface area contributed by atoms with E-state index in [1.165, 1.54) is 5.56 Å². The van der Waals surface area contributed by atoms with E-state index < -0.39 is 0 Å². The fraction of sp³-hybridized carbons (Fsp3) is 0.333. The summed E-state index contributed by atoms with van der Waals surface area (Å²) < 4.78 is 0. The number of rotatable bonds is 3. The fourth-order valence-electron chi connectivity index (χ4n) is 2.47. The van der Waals surface area contributed by atoms with E-state index in [1.807, 2.05) is 18.2 Å². The number of H-pyrrole nitrogens is 1. The number of fused-ring (bicyclic) bond motifs is 1. The van der Waals surface area contributed by atoms with Gasteiger partial charge in [-0.15, -0.1) is 0 Å². The molecule has 1 aromatic heterocycles. The van der Waals surface area contributed by atoms with Gasteiger partial charge in [-0.2, -0.15) is 0 Å². The molecule has 1 atom stereocenters. The quantitative estimate of drug-likeness (QED) is 0.781. The molecule has 0 bridgehead atoms. The van der Waals surface area contributed by atoms with Crippen LogP contribution < -0.4 is 10.6 Å². The van der Waals surface area contributed by atoms with Gasteiger partial charge in [0.15, 0.2) is 0 Å². The smallest absolute Gasteiger partial charge is 0.237 e. The predicted octanol–water partition coefficient (Wildman–Crippen LogP) is 1.05. The normalized spacial score (nSPS) is 17.6. The zero-order valence-corrected chi connectivity index (χ0v) is 11.4. The molecule has 20 heavy (non-hydrogen) atoms. The van der Waals surface area contributed by atoms with Crippen LogP contribution in [0.4, 0.5) is 0 Å². The van der Waals surface area contributed by atoms with Crippen molar-refractivity contribution < 1.29 is 4.79 Å².